The first kappa shape index (κ1) is 20.2. The summed E-state index contributed by atoms with van der Waals surface area (Å²) in [6.07, 6.45) is 1.79. The predicted molar refractivity (Wildman–Crippen MR) is 118 cm³/mol. The Hall–Kier alpha value is -1.54. The van der Waals surface area contributed by atoms with Crippen LogP contribution in [0.1, 0.15) is 5.56 Å². The molecule has 1 amide bonds. The molecule has 1 saturated heterocycles. The van der Waals surface area contributed by atoms with Gasteiger partial charge in [0.15, 0.2) is 0 Å². The van der Waals surface area contributed by atoms with Gasteiger partial charge >= 0.3 is 0 Å². The first-order chi connectivity index (χ1) is 13.0. The van der Waals surface area contributed by atoms with E-state index in [0.29, 0.717) is 39.0 Å². The van der Waals surface area contributed by atoms with Crippen LogP contribution in [-0.2, 0) is 4.79 Å². The number of hydrogen-bond donors (Lipinski definition) is 0. The molecule has 0 aliphatic carbocycles. The summed E-state index contributed by atoms with van der Waals surface area (Å²) in [7, 11) is 1.67. The molecule has 140 valence electrons. The van der Waals surface area contributed by atoms with E-state index in [1.807, 2.05) is 30.3 Å². The Bertz CT molecular complexity index is 920. The highest BCUT2D eigenvalue weighted by Gasteiger charge is 2.28. The van der Waals surface area contributed by atoms with E-state index < -0.39 is 0 Å². The number of thiocarbonyl (C=S) groups is 1. The maximum Gasteiger partial charge on any atom is 0.265 e. The van der Waals surface area contributed by atoms with E-state index in [1.54, 1.807) is 25.3 Å². The van der Waals surface area contributed by atoms with Crippen molar-refractivity contribution in [1.29, 1.82) is 0 Å². The topological polar surface area (TPSA) is 38.8 Å². The van der Waals surface area contributed by atoms with Crippen molar-refractivity contribution in [3.05, 3.63) is 62.4 Å². The Morgan fingerprint density at radius 2 is 1.89 bits per heavy atom. The first-order valence-corrected chi connectivity index (χ1v) is 10.4. The molecular weight excluding hydrogens is 470 g/mol. The predicted octanol–water partition coefficient (Wildman–Crippen LogP) is 5.39. The van der Waals surface area contributed by atoms with E-state index >= 15 is 0 Å². The molecule has 0 N–H and O–H groups in total. The lowest BCUT2D eigenvalue weighted by Crippen LogP contribution is -2.22. The van der Waals surface area contributed by atoms with Crippen molar-refractivity contribution in [3.63, 3.8) is 0 Å². The molecule has 4 nitrogen and oxygen atoms in total. The number of carbonyl (C=O) groups excluding carboxylic acids is 1. The number of nitrogens with zero attached hydrogens (tertiary/aromatic N) is 1. The fourth-order valence-electron chi connectivity index (χ4n) is 2.32. The summed E-state index contributed by atoms with van der Waals surface area (Å²) in [4.78, 5) is 14.3. The second-order valence-corrected chi connectivity index (χ2v) is 8.55. The SMILES string of the molecule is CN1C(=O)/C(=C/c2cc(Br)ccc2OCCOc2ccccc2Cl)SC1=S. The van der Waals surface area contributed by atoms with Crippen molar-refractivity contribution < 1.29 is 14.3 Å². The van der Waals surface area contributed by atoms with Gasteiger partial charge in [-0.3, -0.25) is 9.69 Å². The molecule has 2 aromatic rings. The smallest absolute Gasteiger partial charge is 0.265 e. The Morgan fingerprint density at radius 3 is 2.56 bits per heavy atom. The molecule has 0 unspecified atom stereocenters. The highest BCUT2D eigenvalue weighted by atomic mass is 79.9. The summed E-state index contributed by atoms with van der Waals surface area (Å²) < 4.78 is 12.9. The van der Waals surface area contributed by atoms with Gasteiger partial charge in [-0.05, 0) is 36.4 Å². The number of likely N-dealkylation sites (N-methyl/N-ethyl adjacent to an activating group) is 1. The van der Waals surface area contributed by atoms with E-state index in [2.05, 4.69) is 15.9 Å². The standard InChI is InChI=1S/C19H15BrClNO3S2/c1-22-18(23)17(27-19(22)26)11-12-10-13(20)6-7-15(12)24-8-9-25-16-5-3-2-4-14(16)21/h2-7,10-11H,8-9H2,1H3/b17-11-. The Morgan fingerprint density at radius 1 is 1.19 bits per heavy atom. The van der Waals surface area contributed by atoms with Gasteiger partial charge < -0.3 is 9.47 Å². The van der Waals surface area contributed by atoms with E-state index in [1.165, 1.54) is 16.7 Å². The van der Waals surface area contributed by atoms with Crippen LogP contribution in [0, 0.1) is 0 Å². The Balaban J connectivity index is 1.69. The van der Waals surface area contributed by atoms with Gasteiger partial charge in [0.1, 0.15) is 29.0 Å². The monoisotopic (exact) mass is 483 g/mol. The number of thioether (sulfide) groups is 1. The van der Waals surface area contributed by atoms with Gasteiger partial charge in [-0.2, -0.15) is 0 Å². The molecule has 8 heteroatoms. The molecule has 0 saturated carbocycles. The summed E-state index contributed by atoms with van der Waals surface area (Å²) in [5, 5.41) is 0.559. The van der Waals surface area contributed by atoms with Gasteiger partial charge in [0.25, 0.3) is 5.91 Å². The summed E-state index contributed by atoms with van der Waals surface area (Å²) >= 11 is 16.0. The van der Waals surface area contributed by atoms with Crippen LogP contribution in [0.15, 0.2) is 51.8 Å². The van der Waals surface area contributed by atoms with Crippen LogP contribution in [0.3, 0.4) is 0 Å². The third kappa shape index (κ3) is 5.04. The maximum absolute atomic E-state index is 12.2. The summed E-state index contributed by atoms with van der Waals surface area (Å²) in [5.41, 5.74) is 0.788. The number of hydrogen-bond acceptors (Lipinski definition) is 5. The highest BCUT2D eigenvalue weighted by Crippen LogP contribution is 2.34. The van der Waals surface area contributed by atoms with E-state index in [9.17, 15) is 4.79 Å². The first-order valence-electron chi connectivity index (χ1n) is 7.97. The van der Waals surface area contributed by atoms with E-state index in [0.717, 1.165) is 10.0 Å². The van der Waals surface area contributed by atoms with Gasteiger partial charge in [0, 0.05) is 17.1 Å². The molecule has 1 aliphatic rings. The zero-order valence-electron chi connectivity index (χ0n) is 14.3. The van der Waals surface area contributed by atoms with Gasteiger partial charge in [0.05, 0.1) is 9.93 Å². The highest BCUT2D eigenvalue weighted by molar-refractivity contribution is 9.10. The molecule has 0 aromatic heterocycles. The van der Waals surface area contributed by atoms with Gasteiger partial charge in [-0.25, -0.2) is 0 Å². The van der Waals surface area contributed by atoms with Gasteiger partial charge in [-0.15, -0.1) is 0 Å². The largest absolute Gasteiger partial charge is 0.489 e. The molecular formula is C19H15BrClNO3S2. The molecule has 0 atom stereocenters. The number of ether oxygens (including phenoxy) is 2. The van der Waals surface area contributed by atoms with Gasteiger partial charge in [-0.1, -0.05) is 63.6 Å². The van der Waals surface area contributed by atoms with Crippen LogP contribution in [0.25, 0.3) is 6.08 Å². The van der Waals surface area contributed by atoms with Crippen molar-refractivity contribution in [2.24, 2.45) is 0 Å². The third-order valence-electron chi connectivity index (χ3n) is 3.68. The number of carbonyl (C=O) groups is 1. The Labute approximate surface area is 180 Å². The normalized spacial score (nSPS) is 15.5. The number of rotatable bonds is 6. The minimum absolute atomic E-state index is 0.113. The zero-order valence-corrected chi connectivity index (χ0v) is 18.3. The molecule has 0 radical (unpaired) electrons. The van der Waals surface area contributed by atoms with Crippen molar-refractivity contribution in [1.82, 2.24) is 4.90 Å². The zero-order chi connectivity index (χ0) is 19.4. The van der Waals surface area contributed by atoms with Crippen molar-refractivity contribution in [2.45, 2.75) is 0 Å². The van der Waals surface area contributed by atoms with E-state index in [4.69, 9.17) is 33.3 Å². The van der Waals surface area contributed by atoms with Crippen LogP contribution < -0.4 is 9.47 Å². The summed E-state index contributed by atoms with van der Waals surface area (Å²) in [5.74, 6) is 1.16. The van der Waals surface area contributed by atoms with Crippen molar-refractivity contribution >= 4 is 67.8 Å². The second-order valence-electron chi connectivity index (χ2n) is 5.55. The third-order valence-corrected chi connectivity index (χ3v) is 5.97. The molecule has 2 aromatic carbocycles. The van der Waals surface area contributed by atoms with Crippen molar-refractivity contribution in [3.8, 4) is 11.5 Å². The number of benzene rings is 2. The van der Waals surface area contributed by atoms with Crippen LogP contribution in [-0.4, -0.2) is 35.4 Å². The average molecular weight is 485 g/mol. The number of amides is 1. The lowest BCUT2D eigenvalue weighted by Gasteiger charge is -2.12. The minimum Gasteiger partial charge on any atom is -0.489 e. The average Bonchev–Trinajstić information content (AvgIpc) is 2.88. The fourth-order valence-corrected chi connectivity index (χ4v) is 4.05. The molecule has 1 fully saturated rings. The number of halogens is 2. The van der Waals surface area contributed by atoms with Crippen LogP contribution in [0.2, 0.25) is 5.02 Å². The molecule has 0 spiro atoms. The van der Waals surface area contributed by atoms with Crippen LogP contribution in [0.4, 0.5) is 0 Å². The molecule has 3 rings (SSSR count). The van der Waals surface area contributed by atoms with Gasteiger partial charge in [0.2, 0.25) is 0 Å². The quantitative estimate of drug-likeness (QED) is 0.312. The lowest BCUT2D eigenvalue weighted by molar-refractivity contribution is -0.121. The Kier molecular flexibility index (Phi) is 6.81. The molecule has 0 bridgehead atoms. The lowest BCUT2D eigenvalue weighted by atomic mass is 10.2. The second kappa shape index (κ2) is 9.10. The van der Waals surface area contributed by atoms with E-state index in [-0.39, 0.29) is 5.91 Å². The summed E-state index contributed by atoms with van der Waals surface area (Å²) in [6, 6.07) is 12.9. The fraction of sp³-hybridized carbons (Fsp3) is 0.158. The summed E-state index contributed by atoms with van der Waals surface area (Å²) in [6.45, 7) is 0.679. The van der Waals surface area contributed by atoms with Crippen molar-refractivity contribution in [2.75, 3.05) is 20.3 Å². The molecule has 1 heterocycles. The minimum atomic E-state index is -0.113. The molecule has 27 heavy (non-hydrogen) atoms. The number of para-hydroxylation sites is 1. The van der Waals surface area contributed by atoms with Crippen LogP contribution >= 0.6 is 51.5 Å². The molecule has 1 aliphatic heterocycles. The van der Waals surface area contributed by atoms with Crippen LogP contribution in [0.5, 0.6) is 11.5 Å². The maximum atomic E-state index is 12.2.